The Morgan fingerprint density at radius 2 is 1.46 bits per heavy atom. The molecule has 0 saturated heterocycles. The fourth-order valence-electron chi connectivity index (χ4n) is 2.98. The second-order valence-corrected chi connectivity index (χ2v) is 5.87. The molecule has 3 N–H and O–H groups in total. The van der Waals surface area contributed by atoms with Gasteiger partial charge in [0.1, 0.15) is 17.1 Å². The maximum absolute atomic E-state index is 13.1. The van der Waals surface area contributed by atoms with E-state index in [4.69, 9.17) is 0 Å². The van der Waals surface area contributed by atoms with E-state index in [-0.39, 0.29) is 17.1 Å². The first-order valence-electron chi connectivity index (χ1n) is 7.91. The topological polar surface area (TPSA) is 94.8 Å². The Balaban J connectivity index is 2.17. The summed E-state index contributed by atoms with van der Waals surface area (Å²) in [5.74, 6) is -0.142. The molecule has 6 heteroatoms. The molecule has 0 aliphatic carbocycles. The van der Waals surface area contributed by atoms with Gasteiger partial charge >= 0.3 is 0 Å². The van der Waals surface area contributed by atoms with Crippen molar-refractivity contribution >= 4 is 5.65 Å². The maximum atomic E-state index is 13.1. The number of nitrogens with one attached hydrogen (secondary N) is 1. The van der Waals surface area contributed by atoms with Crippen molar-refractivity contribution in [3.8, 4) is 33.9 Å². The van der Waals surface area contributed by atoms with Gasteiger partial charge in [-0.05, 0) is 23.3 Å². The van der Waals surface area contributed by atoms with Crippen LogP contribution in [0.5, 0.6) is 11.5 Å². The van der Waals surface area contributed by atoms with Crippen molar-refractivity contribution in [3.63, 3.8) is 0 Å². The normalized spacial score (nSPS) is 10.9. The molecule has 128 valence electrons. The molecule has 0 amide bonds. The average molecular weight is 346 g/mol. The number of rotatable bonds is 2. The number of H-pyrrole nitrogens is 1. The van der Waals surface area contributed by atoms with Crippen LogP contribution in [0.3, 0.4) is 0 Å². The Morgan fingerprint density at radius 1 is 0.769 bits per heavy atom. The van der Waals surface area contributed by atoms with E-state index in [1.165, 1.54) is 18.2 Å². The van der Waals surface area contributed by atoms with Crippen molar-refractivity contribution in [1.29, 1.82) is 0 Å². The first-order chi connectivity index (χ1) is 12.5. The number of fused-ring (bicyclic) bond motifs is 1. The molecule has 0 aliphatic rings. The highest BCUT2D eigenvalue weighted by atomic mass is 16.3. The van der Waals surface area contributed by atoms with Crippen LogP contribution in [0.25, 0.3) is 28.0 Å². The third-order valence-corrected chi connectivity index (χ3v) is 4.16. The van der Waals surface area contributed by atoms with E-state index < -0.39 is 11.1 Å². The van der Waals surface area contributed by atoms with Crippen LogP contribution in [0.1, 0.15) is 0 Å². The lowest BCUT2D eigenvalue weighted by Crippen LogP contribution is -2.28. The van der Waals surface area contributed by atoms with Crippen LogP contribution < -0.4 is 11.1 Å². The van der Waals surface area contributed by atoms with Crippen LogP contribution in [-0.4, -0.2) is 19.6 Å². The average Bonchev–Trinajstić information content (AvgIpc) is 2.62. The van der Waals surface area contributed by atoms with E-state index in [1.54, 1.807) is 12.1 Å². The molecule has 0 atom stereocenters. The quantitative estimate of drug-likeness (QED) is 0.520. The van der Waals surface area contributed by atoms with Crippen molar-refractivity contribution in [2.24, 2.45) is 0 Å². The Kier molecular flexibility index (Phi) is 3.58. The summed E-state index contributed by atoms with van der Waals surface area (Å²) in [6, 6.07) is 17.7. The predicted octanol–water partition coefficient (Wildman–Crippen LogP) is 2.73. The summed E-state index contributed by atoms with van der Waals surface area (Å²) in [7, 11) is 0. The first kappa shape index (κ1) is 15.7. The Bertz CT molecular complexity index is 1220. The van der Waals surface area contributed by atoms with E-state index in [9.17, 15) is 19.8 Å². The number of pyridine rings is 1. The Morgan fingerprint density at radius 3 is 2.15 bits per heavy atom. The summed E-state index contributed by atoms with van der Waals surface area (Å²) in [5, 5.41) is 19.3. The number of phenols is 1. The molecule has 26 heavy (non-hydrogen) atoms. The number of benzene rings is 2. The number of aromatic amines is 1. The summed E-state index contributed by atoms with van der Waals surface area (Å²) < 4.78 is 0.981. The number of hydrogen-bond donors (Lipinski definition) is 3. The van der Waals surface area contributed by atoms with E-state index in [0.717, 1.165) is 16.0 Å². The molecule has 4 rings (SSSR count). The molecule has 0 unspecified atom stereocenters. The van der Waals surface area contributed by atoms with Gasteiger partial charge in [-0.1, -0.05) is 42.5 Å². The first-order valence-corrected chi connectivity index (χ1v) is 7.91. The number of aromatic nitrogens is 2. The van der Waals surface area contributed by atoms with Crippen LogP contribution in [0.4, 0.5) is 0 Å². The van der Waals surface area contributed by atoms with Gasteiger partial charge in [-0.25, -0.2) is 4.40 Å². The van der Waals surface area contributed by atoms with Gasteiger partial charge < -0.3 is 15.2 Å². The molecule has 0 fully saturated rings. The number of hydrogen-bond acceptors (Lipinski definition) is 4. The van der Waals surface area contributed by atoms with E-state index in [0.29, 0.717) is 16.8 Å². The lowest BCUT2D eigenvalue weighted by Gasteiger charge is -2.13. The Hall–Kier alpha value is -3.80. The van der Waals surface area contributed by atoms with Gasteiger partial charge in [0.25, 0.3) is 11.1 Å². The van der Waals surface area contributed by atoms with Crippen LogP contribution in [0.2, 0.25) is 0 Å². The lowest BCUT2D eigenvalue weighted by atomic mass is 10.00. The minimum absolute atomic E-state index is 0.0781. The van der Waals surface area contributed by atoms with Gasteiger partial charge in [0.15, 0.2) is 0 Å². The molecule has 6 nitrogen and oxygen atoms in total. The van der Waals surface area contributed by atoms with Crippen molar-refractivity contribution in [3.05, 3.63) is 87.4 Å². The zero-order valence-corrected chi connectivity index (χ0v) is 13.5. The molecule has 0 radical (unpaired) electrons. The molecule has 2 aromatic heterocycles. The molecular weight excluding hydrogens is 332 g/mol. The highest BCUT2D eigenvalue weighted by Crippen LogP contribution is 2.29. The van der Waals surface area contributed by atoms with Gasteiger partial charge in [-0.3, -0.25) is 9.59 Å². The third-order valence-electron chi connectivity index (χ3n) is 4.16. The SMILES string of the molecule is O=c1cc(O)cc2[nH]c(-c3ccccc3)c(-c3ccc(O)cc3)c(=O)n12. The standard InChI is InChI=1S/C20H14N2O4/c23-14-8-6-12(7-9-14)18-19(13-4-2-1-3-5-13)21-16-10-15(24)11-17(25)22(16)20(18)26/h1-11,21,23-24H. The zero-order valence-electron chi connectivity index (χ0n) is 13.5. The van der Waals surface area contributed by atoms with Crippen LogP contribution in [0, 0.1) is 0 Å². The van der Waals surface area contributed by atoms with Crippen molar-refractivity contribution in [1.82, 2.24) is 9.38 Å². The summed E-state index contributed by atoms with van der Waals surface area (Å²) in [6.45, 7) is 0. The monoisotopic (exact) mass is 346 g/mol. The highest BCUT2D eigenvalue weighted by Gasteiger charge is 2.17. The van der Waals surface area contributed by atoms with Crippen LogP contribution in [0.15, 0.2) is 76.3 Å². The number of nitrogens with zero attached hydrogens (tertiary/aromatic N) is 1. The number of phenolic OH excluding ortho intramolecular Hbond substituents is 1. The van der Waals surface area contributed by atoms with E-state index >= 15 is 0 Å². The zero-order chi connectivity index (χ0) is 18.3. The summed E-state index contributed by atoms with van der Waals surface area (Å²) in [6.07, 6.45) is 0. The molecule has 0 spiro atoms. The highest BCUT2D eigenvalue weighted by molar-refractivity contribution is 5.81. The second kappa shape index (κ2) is 5.93. The van der Waals surface area contributed by atoms with E-state index in [1.807, 2.05) is 30.3 Å². The van der Waals surface area contributed by atoms with E-state index in [2.05, 4.69) is 4.98 Å². The van der Waals surface area contributed by atoms with Crippen molar-refractivity contribution in [2.75, 3.05) is 0 Å². The molecule has 2 aromatic carbocycles. The van der Waals surface area contributed by atoms with Gasteiger partial charge in [0.2, 0.25) is 0 Å². The molecule has 0 aliphatic heterocycles. The number of aromatic hydroxyl groups is 2. The minimum atomic E-state index is -0.624. The van der Waals surface area contributed by atoms with Gasteiger partial charge in [-0.15, -0.1) is 0 Å². The molecule has 0 bridgehead atoms. The second-order valence-electron chi connectivity index (χ2n) is 5.87. The van der Waals surface area contributed by atoms with Gasteiger partial charge in [0, 0.05) is 12.1 Å². The summed E-state index contributed by atoms with van der Waals surface area (Å²) in [4.78, 5) is 28.5. The Labute approximate surface area is 147 Å². The molecule has 2 heterocycles. The fraction of sp³-hybridized carbons (Fsp3) is 0. The van der Waals surface area contributed by atoms with Crippen LogP contribution >= 0.6 is 0 Å². The van der Waals surface area contributed by atoms with Gasteiger partial charge in [-0.2, -0.15) is 0 Å². The fourth-order valence-corrected chi connectivity index (χ4v) is 2.98. The van der Waals surface area contributed by atoms with Crippen LogP contribution in [-0.2, 0) is 0 Å². The largest absolute Gasteiger partial charge is 0.508 e. The third kappa shape index (κ3) is 2.53. The predicted molar refractivity (Wildman–Crippen MR) is 98.5 cm³/mol. The van der Waals surface area contributed by atoms with Crippen molar-refractivity contribution in [2.45, 2.75) is 0 Å². The smallest absolute Gasteiger partial charge is 0.269 e. The van der Waals surface area contributed by atoms with Gasteiger partial charge in [0.05, 0.1) is 11.3 Å². The molecule has 4 aromatic rings. The summed E-state index contributed by atoms with van der Waals surface area (Å²) in [5.41, 5.74) is 1.20. The molecule has 0 saturated carbocycles. The summed E-state index contributed by atoms with van der Waals surface area (Å²) >= 11 is 0. The van der Waals surface area contributed by atoms with Crippen molar-refractivity contribution < 1.29 is 10.2 Å². The molecular formula is C20H14N2O4. The lowest BCUT2D eigenvalue weighted by molar-refractivity contribution is 0.473. The minimum Gasteiger partial charge on any atom is -0.508 e. The maximum Gasteiger partial charge on any atom is 0.269 e.